The van der Waals surface area contributed by atoms with E-state index < -0.39 is 0 Å². The summed E-state index contributed by atoms with van der Waals surface area (Å²) in [7, 11) is 2.00. The van der Waals surface area contributed by atoms with Crippen LogP contribution in [0.25, 0.3) is 0 Å². The molecule has 0 saturated heterocycles. The van der Waals surface area contributed by atoms with Crippen molar-refractivity contribution in [3.8, 4) is 5.75 Å². The molecule has 0 spiro atoms. The molecule has 3 N–H and O–H groups in total. The molecule has 0 saturated carbocycles. The van der Waals surface area contributed by atoms with Crippen LogP contribution in [-0.4, -0.2) is 19.7 Å². The lowest BCUT2D eigenvalue weighted by Gasteiger charge is -2.24. The first-order valence-corrected chi connectivity index (χ1v) is 6.72. The van der Waals surface area contributed by atoms with Gasteiger partial charge >= 0.3 is 0 Å². The maximum atomic E-state index is 5.65. The van der Waals surface area contributed by atoms with Crippen molar-refractivity contribution in [2.24, 2.45) is 11.7 Å². The molecule has 0 aromatic heterocycles. The first-order chi connectivity index (χ1) is 8.58. The highest BCUT2D eigenvalue weighted by Gasteiger charge is 2.16. The van der Waals surface area contributed by atoms with Crippen LogP contribution >= 0.6 is 0 Å². The lowest BCUT2D eigenvalue weighted by atomic mass is 9.92. The SMILES string of the molecule is CNC(c1ccc(OC(C)C)cc1)C(C)CCN. The number of benzene rings is 1. The second-order valence-electron chi connectivity index (χ2n) is 5.06. The van der Waals surface area contributed by atoms with Crippen LogP contribution in [0.5, 0.6) is 5.75 Å². The van der Waals surface area contributed by atoms with Gasteiger partial charge in [0.25, 0.3) is 0 Å². The van der Waals surface area contributed by atoms with Crippen LogP contribution in [0.4, 0.5) is 0 Å². The van der Waals surface area contributed by atoms with E-state index in [1.165, 1.54) is 5.56 Å². The van der Waals surface area contributed by atoms with Gasteiger partial charge in [-0.15, -0.1) is 0 Å². The van der Waals surface area contributed by atoms with Gasteiger partial charge in [0.2, 0.25) is 0 Å². The van der Waals surface area contributed by atoms with Crippen molar-refractivity contribution < 1.29 is 4.74 Å². The first-order valence-electron chi connectivity index (χ1n) is 6.72. The fraction of sp³-hybridized carbons (Fsp3) is 0.600. The van der Waals surface area contributed by atoms with Crippen LogP contribution in [0.2, 0.25) is 0 Å². The Labute approximate surface area is 111 Å². The van der Waals surface area contributed by atoms with Gasteiger partial charge in [-0.3, -0.25) is 0 Å². The molecule has 0 amide bonds. The minimum Gasteiger partial charge on any atom is -0.491 e. The third kappa shape index (κ3) is 4.31. The van der Waals surface area contributed by atoms with Crippen LogP contribution in [0, 0.1) is 5.92 Å². The summed E-state index contributed by atoms with van der Waals surface area (Å²) in [6.07, 6.45) is 1.24. The van der Waals surface area contributed by atoms with Gasteiger partial charge in [0.1, 0.15) is 5.75 Å². The molecule has 18 heavy (non-hydrogen) atoms. The molecule has 0 aliphatic heterocycles. The number of rotatable bonds is 7. The zero-order valence-corrected chi connectivity index (χ0v) is 11.9. The fourth-order valence-corrected chi connectivity index (χ4v) is 2.24. The van der Waals surface area contributed by atoms with Gasteiger partial charge in [0.05, 0.1) is 6.10 Å². The van der Waals surface area contributed by atoms with Gasteiger partial charge in [-0.25, -0.2) is 0 Å². The van der Waals surface area contributed by atoms with Crippen molar-refractivity contribution in [2.75, 3.05) is 13.6 Å². The Morgan fingerprint density at radius 1 is 1.17 bits per heavy atom. The van der Waals surface area contributed by atoms with Gasteiger partial charge in [0, 0.05) is 6.04 Å². The van der Waals surface area contributed by atoms with Gasteiger partial charge in [0.15, 0.2) is 0 Å². The second-order valence-corrected chi connectivity index (χ2v) is 5.06. The Morgan fingerprint density at radius 2 is 1.78 bits per heavy atom. The van der Waals surface area contributed by atoms with E-state index in [0.717, 1.165) is 18.7 Å². The third-order valence-corrected chi connectivity index (χ3v) is 3.11. The Hall–Kier alpha value is -1.06. The molecular formula is C15H26N2O. The molecule has 0 radical (unpaired) electrons. The van der Waals surface area contributed by atoms with E-state index in [4.69, 9.17) is 10.5 Å². The zero-order valence-electron chi connectivity index (χ0n) is 11.9. The molecular weight excluding hydrogens is 224 g/mol. The van der Waals surface area contributed by atoms with E-state index in [-0.39, 0.29) is 6.10 Å². The molecule has 0 aliphatic rings. The smallest absolute Gasteiger partial charge is 0.119 e. The monoisotopic (exact) mass is 250 g/mol. The third-order valence-electron chi connectivity index (χ3n) is 3.11. The van der Waals surface area contributed by atoms with Crippen LogP contribution < -0.4 is 15.8 Å². The number of hydrogen-bond acceptors (Lipinski definition) is 3. The summed E-state index contributed by atoms with van der Waals surface area (Å²) in [5.74, 6) is 1.45. The van der Waals surface area contributed by atoms with Crippen molar-refractivity contribution in [3.63, 3.8) is 0 Å². The Bertz CT molecular complexity index is 335. The predicted octanol–water partition coefficient (Wildman–Crippen LogP) is 2.72. The quantitative estimate of drug-likeness (QED) is 0.782. The molecule has 0 aliphatic carbocycles. The van der Waals surface area contributed by atoms with Crippen molar-refractivity contribution in [1.29, 1.82) is 0 Å². The minimum absolute atomic E-state index is 0.215. The van der Waals surface area contributed by atoms with Gasteiger partial charge in [-0.1, -0.05) is 19.1 Å². The lowest BCUT2D eigenvalue weighted by molar-refractivity contribution is 0.242. The van der Waals surface area contributed by atoms with E-state index in [1.54, 1.807) is 0 Å². The molecule has 0 heterocycles. The number of ether oxygens (including phenoxy) is 1. The molecule has 1 rings (SSSR count). The van der Waals surface area contributed by atoms with Crippen LogP contribution in [0.1, 0.15) is 38.8 Å². The minimum atomic E-state index is 0.215. The van der Waals surface area contributed by atoms with Gasteiger partial charge in [-0.2, -0.15) is 0 Å². The van der Waals surface area contributed by atoms with Crippen LogP contribution in [0.3, 0.4) is 0 Å². The van der Waals surface area contributed by atoms with Crippen molar-refractivity contribution in [3.05, 3.63) is 29.8 Å². The van der Waals surface area contributed by atoms with Gasteiger partial charge < -0.3 is 15.8 Å². The summed E-state index contributed by atoms with van der Waals surface area (Å²) >= 11 is 0. The zero-order chi connectivity index (χ0) is 13.5. The maximum Gasteiger partial charge on any atom is 0.119 e. The molecule has 1 aromatic carbocycles. The average molecular weight is 250 g/mol. The molecule has 0 bridgehead atoms. The van der Waals surface area contributed by atoms with Crippen molar-refractivity contribution in [1.82, 2.24) is 5.32 Å². The second kappa shape index (κ2) is 7.39. The van der Waals surface area contributed by atoms with Crippen LogP contribution in [0.15, 0.2) is 24.3 Å². The number of nitrogens with one attached hydrogen (secondary N) is 1. The summed E-state index contributed by atoms with van der Waals surface area (Å²) in [5, 5.41) is 3.37. The normalized spacial score (nSPS) is 14.6. The lowest BCUT2D eigenvalue weighted by Crippen LogP contribution is -2.25. The van der Waals surface area contributed by atoms with E-state index >= 15 is 0 Å². The fourth-order valence-electron chi connectivity index (χ4n) is 2.24. The Kier molecular flexibility index (Phi) is 6.16. The Morgan fingerprint density at radius 3 is 2.22 bits per heavy atom. The van der Waals surface area contributed by atoms with Crippen molar-refractivity contribution >= 4 is 0 Å². The highest BCUT2D eigenvalue weighted by Crippen LogP contribution is 2.25. The molecule has 102 valence electrons. The summed E-state index contributed by atoms with van der Waals surface area (Å²) < 4.78 is 5.65. The molecule has 3 heteroatoms. The predicted molar refractivity (Wildman–Crippen MR) is 76.8 cm³/mol. The first kappa shape index (κ1) is 15.0. The number of hydrogen-bond donors (Lipinski definition) is 2. The van der Waals surface area contributed by atoms with Crippen molar-refractivity contribution in [2.45, 2.75) is 39.3 Å². The van der Waals surface area contributed by atoms with E-state index in [2.05, 4.69) is 24.4 Å². The molecule has 0 fully saturated rings. The molecule has 2 unspecified atom stereocenters. The summed E-state index contributed by atoms with van der Waals surface area (Å²) in [5.41, 5.74) is 6.92. The largest absolute Gasteiger partial charge is 0.491 e. The highest BCUT2D eigenvalue weighted by molar-refractivity contribution is 5.29. The maximum absolute atomic E-state index is 5.65. The standard InChI is InChI=1S/C15H26N2O/c1-11(2)18-14-7-5-13(6-8-14)15(17-4)12(3)9-10-16/h5-8,11-12,15,17H,9-10,16H2,1-4H3. The molecule has 1 aromatic rings. The topological polar surface area (TPSA) is 47.3 Å². The van der Waals surface area contributed by atoms with Gasteiger partial charge in [-0.05, 0) is 57.5 Å². The highest BCUT2D eigenvalue weighted by atomic mass is 16.5. The summed E-state index contributed by atoms with van der Waals surface area (Å²) in [6, 6.07) is 8.68. The summed E-state index contributed by atoms with van der Waals surface area (Å²) in [4.78, 5) is 0. The summed E-state index contributed by atoms with van der Waals surface area (Å²) in [6.45, 7) is 7.03. The van der Waals surface area contributed by atoms with Crippen LogP contribution in [-0.2, 0) is 0 Å². The molecule has 2 atom stereocenters. The van der Waals surface area contributed by atoms with E-state index in [9.17, 15) is 0 Å². The van der Waals surface area contributed by atoms with E-state index in [0.29, 0.717) is 12.0 Å². The van der Waals surface area contributed by atoms with E-state index in [1.807, 2.05) is 33.0 Å². The average Bonchev–Trinajstić information content (AvgIpc) is 2.32. The molecule has 3 nitrogen and oxygen atoms in total. The Balaban J connectivity index is 2.75. The number of nitrogens with two attached hydrogens (primary N) is 1.